The lowest BCUT2D eigenvalue weighted by atomic mass is 10.3. The van der Waals surface area contributed by atoms with Crippen LogP contribution in [0.1, 0.15) is 13.3 Å². The molecule has 0 bridgehead atoms. The van der Waals surface area contributed by atoms with Crippen molar-refractivity contribution < 1.29 is 14.8 Å². The largest absolute Gasteiger partial charge is 0.478 e. The third-order valence-electron chi connectivity index (χ3n) is 0.887. The van der Waals surface area contributed by atoms with E-state index in [1.807, 2.05) is 0 Å². The first-order chi connectivity index (χ1) is 4.57. The van der Waals surface area contributed by atoms with Crippen molar-refractivity contribution in [2.24, 2.45) is 0 Å². The van der Waals surface area contributed by atoms with Gasteiger partial charge in [-0.15, -0.1) is 0 Å². The molecule has 0 atom stereocenters. The van der Waals surface area contributed by atoms with Crippen molar-refractivity contribution in [3.8, 4) is 0 Å². The van der Waals surface area contributed by atoms with Gasteiger partial charge in [-0.3, -0.25) is 10.1 Å². The van der Waals surface area contributed by atoms with Crippen LogP contribution < -0.4 is 0 Å². The predicted molar refractivity (Wildman–Crippen MR) is 33.0 cm³/mol. The molecular weight excluding hydrogens is 138 g/mol. The number of allylic oxidation sites excluding steroid dienone is 1. The van der Waals surface area contributed by atoms with E-state index in [0.717, 1.165) is 0 Å². The van der Waals surface area contributed by atoms with Crippen LogP contribution in [0.3, 0.4) is 0 Å². The molecule has 0 saturated heterocycles. The third-order valence-corrected chi connectivity index (χ3v) is 0.887. The number of nitrogens with zero attached hydrogens (tertiary/aromatic N) is 1. The third kappa shape index (κ3) is 2.81. The van der Waals surface area contributed by atoms with E-state index in [2.05, 4.69) is 0 Å². The van der Waals surface area contributed by atoms with Gasteiger partial charge in [0.05, 0.1) is 11.0 Å². The van der Waals surface area contributed by atoms with Crippen molar-refractivity contribution in [3.63, 3.8) is 0 Å². The SMILES string of the molecule is CCC(=CC(=O)O)[N+](=O)[O-]. The summed E-state index contributed by atoms with van der Waals surface area (Å²) in [6.07, 6.45) is 0.722. The molecule has 56 valence electrons. The highest BCUT2D eigenvalue weighted by molar-refractivity contribution is 5.80. The molecular formula is C5H7NO4. The Morgan fingerprint density at radius 1 is 1.80 bits per heavy atom. The van der Waals surface area contributed by atoms with Gasteiger partial charge in [-0.1, -0.05) is 6.92 Å². The lowest BCUT2D eigenvalue weighted by molar-refractivity contribution is -0.427. The molecule has 0 aliphatic heterocycles. The van der Waals surface area contributed by atoms with Crippen LogP contribution in [0.25, 0.3) is 0 Å². The van der Waals surface area contributed by atoms with Crippen molar-refractivity contribution in [3.05, 3.63) is 21.9 Å². The molecule has 0 aromatic rings. The first kappa shape index (κ1) is 8.61. The summed E-state index contributed by atoms with van der Waals surface area (Å²) >= 11 is 0. The monoisotopic (exact) mass is 145 g/mol. The summed E-state index contributed by atoms with van der Waals surface area (Å²) < 4.78 is 0. The summed E-state index contributed by atoms with van der Waals surface area (Å²) in [6, 6.07) is 0. The Bertz CT molecular complexity index is 184. The second kappa shape index (κ2) is 3.60. The minimum absolute atomic E-state index is 0.124. The van der Waals surface area contributed by atoms with Gasteiger partial charge < -0.3 is 5.11 Å². The number of rotatable bonds is 3. The minimum Gasteiger partial charge on any atom is -0.478 e. The predicted octanol–water partition coefficient (Wildman–Crippen LogP) is 0.642. The standard InChI is InChI=1S/C5H7NO4/c1-2-4(6(9)10)3-5(7)8/h3H,2H2,1H3,(H,7,8). The maximum absolute atomic E-state index is 9.94. The van der Waals surface area contributed by atoms with Crippen molar-refractivity contribution in [2.75, 3.05) is 0 Å². The molecule has 0 spiro atoms. The fourth-order valence-electron chi connectivity index (χ4n) is 0.426. The Morgan fingerprint density at radius 3 is 2.40 bits per heavy atom. The van der Waals surface area contributed by atoms with Crippen LogP contribution in [-0.4, -0.2) is 16.0 Å². The second-order valence-corrected chi connectivity index (χ2v) is 1.58. The van der Waals surface area contributed by atoms with Crippen LogP contribution >= 0.6 is 0 Å². The normalized spacial score (nSPS) is 11.1. The van der Waals surface area contributed by atoms with E-state index in [1.54, 1.807) is 0 Å². The molecule has 0 unspecified atom stereocenters. The van der Waals surface area contributed by atoms with Crippen molar-refractivity contribution in [2.45, 2.75) is 13.3 Å². The van der Waals surface area contributed by atoms with E-state index in [0.29, 0.717) is 6.08 Å². The number of hydrogen-bond donors (Lipinski definition) is 1. The highest BCUT2D eigenvalue weighted by Crippen LogP contribution is 1.99. The maximum Gasteiger partial charge on any atom is 0.334 e. The van der Waals surface area contributed by atoms with Crippen molar-refractivity contribution >= 4 is 5.97 Å². The molecule has 0 rings (SSSR count). The smallest absolute Gasteiger partial charge is 0.334 e. The van der Waals surface area contributed by atoms with Gasteiger partial charge in [0.25, 0.3) is 5.70 Å². The van der Waals surface area contributed by atoms with Gasteiger partial charge in [-0.05, 0) is 0 Å². The number of carbonyl (C=O) groups is 1. The molecule has 5 nitrogen and oxygen atoms in total. The van der Waals surface area contributed by atoms with Crippen LogP contribution in [0.2, 0.25) is 0 Å². The van der Waals surface area contributed by atoms with Crippen LogP contribution in [0.4, 0.5) is 0 Å². The Balaban J connectivity index is 4.34. The fourth-order valence-corrected chi connectivity index (χ4v) is 0.426. The van der Waals surface area contributed by atoms with Gasteiger partial charge in [-0.25, -0.2) is 4.79 Å². The summed E-state index contributed by atoms with van der Waals surface area (Å²) in [6.45, 7) is 1.53. The molecule has 1 N–H and O–H groups in total. The van der Waals surface area contributed by atoms with Gasteiger partial charge in [0.15, 0.2) is 0 Å². The molecule has 0 amide bonds. The average Bonchev–Trinajstić information content (AvgIpc) is 1.81. The summed E-state index contributed by atoms with van der Waals surface area (Å²) in [4.78, 5) is 19.1. The average molecular weight is 145 g/mol. The highest BCUT2D eigenvalue weighted by Gasteiger charge is 2.08. The van der Waals surface area contributed by atoms with E-state index < -0.39 is 10.9 Å². The maximum atomic E-state index is 9.94. The van der Waals surface area contributed by atoms with Crippen molar-refractivity contribution in [1.82, 2.24) is 0 Å². The molecule has 0 aliphatic rings. The van der Waals surface area contributed by atoms with Crippen LogP contribution in [-0.2, 0) is 4.79 Å². The van der Waals surface area contributed by atoms with Crippen LogP contribution in [0.5, 0.6) is 0 Å². The summed E-state index contributed by atoms with van der Waals surface area (Å²) in [5.74, 6) is -1.28. The second-order valence-electron chi connectivity index (χ2n) is 1.58. The van der Waals surface area contributed by atoms with E-state index in [-0.39, 0.29) is 12.1 Å². The van der Waals surface area contributed by atoms with Gasteiger partial charge in [0, 0.05) is 6.42 Å². The van der Waals surface area contributed by atoms with E-state index in [1.165, 1.54) is 6.92 Å². The molecule has 0 fully saturated rings. The number of hydrogen-bond acceptors (Lipinski definition) is 3. The van der Waals surface area contributed by atoms with Gasteiger partial charge >= 0.3 is 5.97 Å². The number of carboxylic acids is 1. The Morgan fingerprint density at radius 2 is 2.30 bits per heavy atom. The fraction of sp³-hybridized carbons (Fsp3) is 0.400. The number of aliphatic carboxylic acids is 1. The molecule has 0 radical (unpaired) electrons. The highest BCUT2D eigenvalue weighted by atomic mass is 16.6. The van der Waals surface area contributed by atoms with Gasteiger partial charge in [-0.2, -0.15) is 0 Å². The lowest BCUT2D eigenvalue weighted by Crippen LogP contribution is -2.00. The molecule has 0 aromatic heterocycles. The molecule has 0 saturated carbocycles. The molecule has 0 heterocycles. The minimum atomic E-state index is -1.28. The van der Waals surface area contributed by atoms with Gasteiger partial charge in [0.2, 0.25) is 0 Å². The Kier molecular flexibility index (Phi) is 3.10. The number of carboxylic acid groups (broad SMARTS) is 1. The Hall–Kier alpha value is -1.39. The number of nitro groups is 1. The molecule has 10 heavy (non-hydrogen) atoms. The van der Waals surface area contributed by atoms with Crippen molar-refractivity contribution in [1.29, 1.82) is 0 Å². The lowest BCUT2D eigenvalue weighted by Gasteiger charge is -1.88. The molecule has 0 aromatic carbocycles. The van der Waals surface area contributed by atoms with Crippen LogP contribution in [0.15, 0.2) is 11.8 Å². The zero-order chi connectivity index (χ0) is 8.15. The summed E-state index contributed by atoms with van der Waals surface area (Å²) in [7, 11) is 0. The zero-order valence-corrected chi connectivity index (χ0v) is 5.40. The first-order valence-corrected chi connectivity index (χ1v) is 2.65. The van der Waals surface area contributed by atoms with E-state index >= 15 is 0 Å². The first-order valence-electron chi connectivity index (χ1n) is 2.65. The Labute approximate surface area is 57.1 Å². The molecule has 0 aliphatic carbocycles. The van der Waals surface area contributed by atoms with Gasteiger partial charge in [0.1, 0.15) is 0 Å². The van der Waals surface area contributed by atoms with Crippen LogP contribution in [0, 0.1) is 10.1 Å². The molecule has 5 heteroatoms. The van der Waals surface area contributed by atoms with E-state index in [4.69, 9.17) is 5.11 Å². The topological polar surface area (TPSA) is 80.4 Å². The summed E-state index contributed by atoms with van der Waals surface area (Å²) in [5.41, 5.74) is -0.285. The van der Waals surface area contributed by atoms with E-state index in [9.17, 15) is 14.9 Å². The quantitative estimate of drug-likeness (QED) is 0.359. The summed E-state index contributed by atoms with van der Waals surface area (Å²) in [5, 5.41) is 18.0. The zero-order valence-electron chi connectivity index (χ0n) is 5.40.